The molecule has 19 heavy (non-hydrogen) atoms. The van der Waals surface area contributed by atoms with Crippen molar-refractivity contribution in [3.63, 3.8) is 0 Å². The lowest BCUT2D eigenvalue weighted by Crippen LogP contribution is -1.90. The maximum absolute atomic E-state index is 4.54. The van der Waals surface area contributed by atoms with Gasteiger partial charge in [-0.2, -0.15) is 0 Å². The highest BCUT2D eigenvalue weighted by atomic mass is 14.6. The van der Waals surface area contributed by atoms with Crippen LogP contribution in [0.3, 0.4) is 0 Å². The molecule has 0 bridgehead atoms. The molecule has 0 saturated carbocycles. The molecular weight excluding hydrogens is 230 g/mol. The number of aryl methyl sites for hydroxylation is 1. The summed E-state index contributed by atoms with van der Waals surface area (Å²) in [4.78, 5) is 4.54. The Hall–Kier alpha value is -2.41. The summed E-state index contributed by atoms with van der Waals surface area (Å²) in [6.45, 7) is 5.87. The van der Waals surface area contributed by atoms with Gasteiger partial charge in [0, 0.05) is 11.6 Å². The fraction of sp³-hybridized carbons (Fsp3) is 0.0556. The van der Waals surface area contributed by atoms with Crippen molar-refractivity contribution in [1.82, 2.24) is 4.98 Å². The second kappa shape index (κ2) is 4.69. The van der Waals surface area contributed by atoms with E-state index in [-0.39, 0.29) is 0 Å². The van der Waals surface area contributed by atoms with Gasteiger partial charge in [0.25, 0.3) is 0 Å². The maximum Gasteiger partial charge on any atom is 0.0743 e. The topological polar surface area (TPSA) is 12.9 Å². The third-order valence-corrected chi connectivity index (χ3v) is 3.47. The van der Waals surface area contributed by atoms with Crippen LogP contribution in [-0.4, -0.2) is 4.98 Å². The van der Waals surface area contributed by atoms with E-state index in [9.17, 15) is 0 Å². The number of rotatable bonds is 2. The zero-order valence-electron chi connectivity index (χ0n) is 10.9. The third kappa shape index (κ3) is 1.84. The fourth-order valence-electron chi connectivity index (χ4n) is 2.58. The Morgan fingerprint density at radius 1 is 1.00 bits per heavy atom. The van der Waals surface area contributed by atoms with E-state index in [1.165, 1.54) is 27.3 Å². The minimum atomic E-state index is 1.07. The van der Waals surface area contributed by atoms with Crippen molar-refractivity contribution in [3.8, 4) is 0 Å². The molecule has 0 atom stereocenters. The van der Waals surface area contributed by atoms with Gasteiger partial charge in [-0.15, -0.1) is 0 Å². The monoisotopic (exact) mass is 245 g/mol. The van der Waals surface area contributed by atoms with E-state index in [0.29, 0.717) is 0 Å². The minimum absolute atomic E-state index is 1.07. The zero-order valence-corrected chi connectivity index (χ0v) is 10.9. The molecule has 0 radical (unpaired) electrons. The highest BCUT2D eigenvalue weighted by Crippen LogP contribution is 2.31. The van der Waals surface area contributed by atoms with Crippen molar-refractivity contribution in [1.29, 1.82) is 0 Å². The van der Waals surface area contributed by atoms with Crippen LogP contribution < -0.4 is 0 Å². The van der Waals surface area contributed by atoms with Crippen molar-refractivity contribution in [2.24, 2.45) is 0 Å². The number of pyridine rings is 1. The number of hydrogen-bond donors (Lipinski definition) is 0. The van der Waals surface area contributed by atoms with Crippen LogP contribution in [0.15, 0.2) is 61.3 Å². The highest BCUT2D eigenvalue weighted by molar-refractivity contribution is 6.11. The van der Waals surface area contributed by atoms with Gasteiger partial charge in [-0.1, -0.05) is 55.1 Å². The summed E-state index contributed by atoms with van der Waals surface area (Å²) in [6, 6.07) is 12.6. The molecule has 0 aliphatic heterocycles. The first kappa shape index (κ1) is 11.7. The molecule has 0 amide bonds. The number of aromatic nitrogens is 1. The van der Waals surface area contributed by atoms with Crippen molar-refractivity contribution in [2.45, 2.75) is 6.92 Å². The zero-order chi connectivity index (χ0) is 13.2. The van der Waals surface area contributed by atoms with Crippen LogP contribution in [0.2, 0.25) is 0 Å². The number of allylic oxidation sites excluding steroid dienone is 2. The quantitative estimate of drug-likeness (QED) is 0.462. The molecule has 0 spiro atoms. The second-order valence-corrected chi connectivity index (χ2v) is 4.58. The Kier molecular flexibility index (Phi) is 2.88. The standard InChI is InChI=1S/C18H15N/c1-3-4-8-14-13(2)18-17(11-7-12-19-18)16-10-6-5-9-15(14)16/h3-12H,1H2,2H3/b8-4-. The Morgan fingerprint density at radius 2 is 1.74 bits per heavy atom. The molecule has 0 aliphatic rings. The van der Waals surface area contributed by atoms with Gasteiger partial charge in [0.2, 0.25) is 0 Å². The SMILES string of the molecule is C=C/C=C\c1c(C)c2ncccc2c2ccccc12. The molecule has 1 heteroatoms. The van der Waals surface area contributed by atoms with E-state index in [1.54, 1.807) is 6.08 Å². The summed E-state index contributed by atoms with van der Waals surface area (Å²) in [5.41, 5.74) is 3.51. The first-order chi connectivity index (χ1) is 9.33. The molecule has 1 nitrogen and oxygen atoms in total. The van der Waals surface area contributed by atoms with Crippen molar-refractivity contribution in [2.75, 3.05) is 0 Å². The van der Waals surface area contributed by atoms with E-state index < -0.39 is 0 Å². The average molecular weight is 245 g/mol. The minimum Gasteiger partial charge on any atom is -0.256 e. The Balaban J connectivity index is 2.54. The van der Waals surface area contributed by atoms with Crippen molar-refractivity contribution in [3.05, 3.63) is 72.5 Å². The van der Waals surface area contributed by atoms with Crippen molar-refractivity contribution >= 4 is 27.8 Å². The molecule has 2 aromatic carbocycles. The molecule has 3 aromatic rings. The summed E-state index contributed by atoms with van der Waals surface area (Å²) in [6.07, 6.45) is 7.74. The molecule has 1 heterocycles. The van der Waals surface area contributed by atoms with Gasteiger partial charge in [-0.3, -0.25) is 4.98 Å². The number of fused-ring (bicyclic) bond motifs is 3. The lowest BCUT2D eigenvalue weighted by Gasteiger charge is -2.11. The van der Waals surface area contributed by atoms with Gasteiger partial charge in [0.05, 0.1) is 5.52 Å². The average Bonchev–Trinajstić information content (AvgIpc) is 2.47. The van der Waals surface area contributed by atoms with Crippen LogP contribution in [-0.2, 0) is 0 Å². The van der Waals surface area contributed by atoms with Gasteiger partial charge in [-0.05, 0) is 34.9 Å². The number of hydrogen-bond acceptors (Lipinski definition) is 1. The van der Waals surface area contributed by atoms with Gasteiger partial charge in [-0.25, -0.2) is 0 Å². The molecule has 1 aromatic heterocycles. The predicted molar refractivity (Wildman–Crippen MR) is 83.2 cm³/mol. The van der Waals surface area contributed by atoms with E-state index in [1.807, 2.05) is 18.3 Å². The van der Waals surface area contributed by atoms with Crippen LogP contribution in [0.1, 0.15) is 11.1 Å². The molecule has 0 aliphatic carbocycles. The molecule has 0 N–H and O–H groups in total. The molecule has 0 saturated heterocycles. The second-order valence-electron chi connectivity index (χ2n) is 4.58. The molecule has 0 fully saturated rings. The molecular formula is C18H15N. The molecule has 3 rings (SSSR count). The first-order valence-electron chi connectivity index (χ1n) is 6.38. The van der Waals surface area contributed by atoms with Crippen molar-refractivity contribution < 1.29 is 0 Å². The van der Waals surface area contributed by atoms with E-state index >= 15 is 0 Å². The van der Waals surface area contributed by atoms with Crippen LogP contribution in [0.25, 0.3) is 27.8 Å². The third-order valence-electron chi connectivity index (χ3n) is 3.47. The summed E-state index contributed by atoms with van der Waals surface area (Å²) in [5, 5.41) is 3.73. The summed E-state index contributed by atoms with van der Waals surface area (Å²) in [7, 11) is 0. The highest BCUT2D eigenvalue weighted by Gasteiger charge is 2.09. The van der Waals surface area contributed by atoms with Gasteiger partial charge in [0.15, 0.2) is 0 Å². The lowest BCUT2D eigenvalue weighted by atomic mass is 9.95. The van der Waals surface area contributed by atoms with E-state index in [2.05, 4.69) is 54.9 Å². The maximum atomic E-state index is 4.54. The van der Waals surface area contributed by atoms with Crippen LogP contribution in [0.5, 0.6) is 0 Å². The first-order valence-corrected chi connectivity index (χ1v) is 6.38. The fourth-order valence-corrected chi connectivity index (χ4v) is 2.58. The van der Waals surface area contributed by atoms with Crippen LogP contribution in [0.4, 0.5) is 0 Å². The largest absolute Gasteiger partial charge is 0.256 e. The van der Waals surface area contributed by atoms with Crippen LogP contribution in [0, 0.1) is 6.92 Å². The van der Waals surface area contributed by atoms with E-state index in [0.717, 1.165) is 5.52 Å². The predicted octanol–water partition coefficient (Wildman–Crippen LogP) is 4.90. The molecule has 0 unspecified atom stereocenters. The number of benzene rings is 2. The van der Waals surface area contributed by atoms with Gasteiger partial charge in [0.1, 0.15) is 0 Å². The van der Waals surface area contributed by atoms with E-state index in [4.69, 9.17) is 0 Å². The van der Waals surface area contributed by atoms with Crippen LogP contribution >= 0.6 is 0 Å². The Labute approximate surface area is 112 Å². The van der Waals surface area contributed by atoms with Gasteiger partial charge < -0.3 is 0 Å². The Bertz CT molecular complexity index is 797. The summed E-state index contributed by atoms with van der Waals surface area (Å²) >= 11 is 0. The summed E-state index contributed by atoms with van der Waals surface area (Å²) < 4.78 is 0. The summed E-state index contributed by atoms with van der Waals surface area (Å²) in [5.74, 6) is 0. The normalized spacial score (nSPS) is 11.4. The molecule has 92 valence electrons. The Morgan fingerprint density at radius 3 is 2.53 bits per heavy atom. The smallest absolute Gasteiger partial charge is 0.0743 e. The lowest BCUT2D eigenvalue weighted by molar-refractivity contribution is 1.37. The van der Waals surface area contributed by atoms with Gasteiger partial charge >= 0.3 is 0 Å². The number of nitrogens with zero attached hydrogens (tertiary/aromatic N) is 1.